The summed E-state index contributed by atoms with van der Waals surface area (Å²) in [5.74, 6) is 2.56. The molecule has 2 aromatic rings. The SMILES string of the molecule is COc1cc(NC(=O)N2CCC(CC(=O)N[C@@H](C)Cc3ccco3)CC2)cc(OC)c1OC. The molecule has 0 radical (unpaired) electrons. The van der Waals surface area contributed by atoms with Gasteiger partial charge in [-0.2, -0.15) is 0 Å². The van der Waals surface area contributed by atoms with E-state index in [-0.39, 0.29) is 23.9 Å². The van der Waals surface area contributed by atoms with Crippen molar-refractivity contribution in [2.75, 3.05) is 39.7 Å². The Balaban J connectivity index is 1.46. The van der Waals surface area contributed by atoms with E-state index in [0.29, 0.717) is 48.9 Å². The molecule has 1 aliphatic rings. The molecule has 3 amide bonds. The van der Waals surface area contributed by atoms with Crippen LogP contribution in [0.4, 0.5) is 10.5 Å². The zero-order chi connectivity index (χ0) is 23.8. The second kappa shape index (κ2) is 11.5. The van der Waals surface area contributed by atoms with Crippen molar-refractivity contribution < 1.29 is 28.2 Å². The molecule has 33 heavy (non-hydrogen) atoms. The molecule has 1 atom stereocenters. The predicted molar refractivity (Wildman–Crippen MR) is 124 cm³/mol. The maximum atomic E-state index is 12.8. The van der Waals surface area contributed by atoms with Crippen LogP contribution in [0.5, 0.6) is 17.2 Å². The number of urea groups is 1. The van der Waals surface area contributed by atoms with Gasteiger partial charge < -0.3 is 34.2 Å². The van der Waals surface area contributed by atoms with Gasteiger partial charge in [-0.3, -0.25) is 4.79 Å². The van der Waals surface area contributed by atoms with Crippen molar-refractivity contribution in [1.82, 2.24) is 10.2 Å². The number of ether oxygens (including phenoxy) is 3. The van der Waals surface area contributed by atoms with E-state index < -0.39 is 0 Å². The molecule has 0 unspecified atom stereocenters. The van der Waals surface area contributed by atoms with Gasteiger partial charge in [-0.15, -0.1) is 0 Å². The van der Waals surface area contributed by atoms with Gasteiger partial charge in [-0.25, -0.2) is 4.79 Å². The summed E-state index contributed by atoms with van der Waals surface area (Å²) in [6.07, 6.45) is 4.32. The monoisotopic (exact) mass is 459 g/mol. The van der Waals surface area contributed by atoms with Crippen LogP contribution in [0.3, 0.4) is 0 Å². The number of nitrogens with one attached hydrogen (secondary N) is 2. The van der Waals surface area contributed by atoms with Crippen LogP contribution >= 0.6 is 0 Å². The second-order valence-electron chi connectivity index (χ2n) is 8.23. The minimum Gasteiger partial charge on any atom is -0.493 e. The molecule has 0 bridgehead atoms. The molecular weight excluding hydrogens is 426 g/mol. The van der Waals surface area contributed by atoms with Gasteiger partial charge in [0.2, 0.25) is 11.7 Å². The van der Waals surface area contributed by atoms with Crippen molar-refractivity contribution in [3.05, 3.63) is 36.3 Å². The highest BCUT2D eigenvalue weighted by Gasteiger charge is 2.25. The van der Waals surface area contributed by atoms with E-state index in [0.717, 1.165) is 18.6 Å². The van der Waals surface area contributed by atoms with E-state index in [9.17, 15) is 9.59 Å². The highest BCUT2D eigenvalue weighted by atomic mass is 16.5. The number of carbonyl (C=O) groups is 2. The Hall–Kier alpha value is -3.36. The van der Waals surface area contributed by atoms with Crippen LogP contribution in [0.2, 0.25) is 0 Å². The summed E-state index contributed by atoms with van der Waals surface area (Å²) >= 11 is 0. The number of rotatable bonds is 9. The number of carbonyl (C=O) groups excluding carboxylic acids is 2. The number of hydrogen-bond acceptors (Lipinski definition) is 6. The summed E-state index contributed by atoms with van der Waals surface area (Å²) < 4.78 is 21.3. The third-order valence-corrected chi connectivity index (χ3v) is 5.79. The molecule has 0 aliphatic carbocycles. The van der Waals surface area contributed by atoms with Crippen molar-refractivity contribution in [2.24, 2.45) is 5.92 Å². The minimum absolute atomic E-state index is 0.00740. The zero-order valence-electron chi connectivity index (χ0n) is 19.7. The van der Waals surface area contributed by atoms with Crippen molar-refractivity contribution >= 4 is 17.6 Å². The molecule has 1 aromatic carbocycles. The third kappa shape index (κ3) is 6.57. The lowest BCUT2D eigenvalue weighted by atomic mass is 9.93. The number of amides is 3. The van der Waals surface area contributed by atoms with Crippen LogP contribution in [-0.4, -0.2) is 57.3 Å². The van der Waals surface area contributed by atoms with Gasteiger partial charge in [0.25, 0.3) is 0 Å². The molecule has 0 spiro atoms. The molecule has 1 saturated heterocycles. The normalized spacial score (nSPS) is 15.0. The maximum Gasteiger partial charge on any atom is 0.321 e. The molecule has 9 nitrogen and oxygen atoms in total. The Kier molecular flexibility index (Phi) is 8.46. The Bertz CT molecular complexity index is 897. The summed E-state index contributed by atoms with van der Waals surface area (Å²) in [4.78, 5) is 26.9. The quantitative estimate of drug-likeness (QED) is 0.593. The molecule has 1 aliphatic heterocycles. The second-order valence-corrected chi connectivity index (χ2v) is 8.23. The minimum atomic E-state index is -0.195. The number of piperidine rings is 1. The van der Waals surface area contributed by atoms with Crippen LogP contribution in [0, 0.1) is 5.92 Å². The van der Waals surface area contributed by atoms with Crippen molar-refractivity contribution in [3.8, 4) is 17.2 Å². The molecule has 1 fully saturated rings. The van der Waals surface area contributed by atoms with Crippen molar-refractivity contribution in [1.29, 1.82) is 0 Å². The van der Waals surface area contributed by atoms with Gasteiger partial charge in [-0.05, 0) is 37.8 Å². The molecule has 1 aromatic heterocycles. The summed E-state index contributed by atoms with van der Waals surface area (Å²) in [6.45, 7) is 3.16. The number of anilines is 1. The van der Waals surface area contributed by atoms with Crippen LogP contribution in [0.25, 0.3) is 0 Å². The number of benzene rings is 1. The van der Waals surface area contributed by atoms with Gasteiger partial charge in [0.05, 0.1) is 33.3 Å². The van der Waals surface area contributed by atoms with Crippen LogP contribution in [0.1, 0.15) is 31.9 Å². The lowest BCUT2D eigenvalue weighted by Gasteiger charge is -2.32. The fourth-order valence-electron chi connectivity index (χ4n) is 4.07. The average molecular weight is 460 g/mol. The Morgan fingerprint density at radius 1 is 1.12 bits per heavy atom. The van der Waals surface area contributed by atoms with Crippen LogP contribution in [-0.2, 0) is 11.2 Å². The highest BCUT2D eigenvalue weighted by Crippen LogP contribution is 2.40. The molecule has 9 heteroatoms. The molecule has 2 N–H and O–H groups in total. The third-order valence-electron chi connectivity index (χ3n) is 5.79. The van der Waals surface area contributed by atoms with E-state index in [2.05, 4.69) is 10.6 Å². The Morgan fingerprint density at radius 3 is 2.33 bits per heavy atom. The molecule has 0 saturated carbocycles. The topological polar surface area (TPSA) is 102 Å². The average Bonchev–Trinajstić information content (AvgIpc) is 3.31. The van der Waals surface area contributed by atoms with Gasteiger partial charge in [-0.1, -0.05) is 0 Å². The van der Waals surface area contributed by atoms with Gasteiger partial charge >= 0.3 is 6.03 Å². The van der Waals surface area contributed by atoms with Crippen molar-refractivity contribution in [3.63, 3.8) is 0 Å². The maximum absolute atomic E-state index is 12.8. The summed E-state index contributed by atoms with van der Waals surface area (Å²) in [5, 5.41) is 5.94. The predicted octanol–water partition coefficient (Wildman–Crippen LogP) is 3.69. The Labute approximate surface area is 194 Å². The fraction of sp³-hybridized carbons (Fsp3) is 0.500. The standard InChI is InChI=1S/C24H33N3O6/c1-16(12-19-6-5-11-33-19)25-22(28)13-17-7-9-27(10-8-17)24(29)26-18-14-20(30-2)23(32-4)21(15-18)31-3/h5-6,11,14-17H,7-10,12-13H2,1-4H3,(H,25,28)(H,26,29)/t16-/m0/s1. The first-order valence-corrected chi connectivity index (χ1v) is 11.1. The van der Waals surface area contributed by atoms with Crippen LogP contribution in [0.15, 0.2) is 34.9 Å². The molecule has 180 valence electrons. The molecule has 3 rings (SSSR count). The van der Waals surface area contributed by atoms with Crippen molar-refractivity contribution in [2.45, 2.75) is 38.6 Å². The lowest BCUT2D eigenvalue weighted by Crippen LogP contribution is -2.42. The highest BCUT2D eigenvalue weighted by molar-refractivity contribution is 5.90. The first-order valence-electron chi connectivity index (χ1n) is 11.1. The fourth-order valence-corrected chi connectivity index (χ4v) is 4.07. The van der Waals surface area contributed by atoms with Gasteiger partial charge in [0.15, 0.2) is 11.5 Å². The van der Waals surface area contributed by atoms with E-state index in [1.54, 1.807) is 23.3 Å². The van der Waals surface area contributed by atoms with Gasteiger partial charge in [0, 0.05) is 44.1 Å². The van der Waals surface area contributed by atoms with Gasteiger partial charge in [0.1, 0.15) is 5.76 Å². The van der Waals surface area contributed by atoms with E-state index in [4.69, 9.17) is 18.6 Å². The van der Waals surface area contributed by atoms with E-state index in [1.165, 1.54) is 21.3 Å². The zero-order valence-corrected chi connectivity index (χ0v) is 19.7. The number of nitrogens with zero attached hydrogens (tertiary/aromatic N) is 1. The largest absolute Gasteiger partial charge is 0.493 e. The number of likely N-dealkylation sites (tertiary alicyclic amines) is 1. The smallest absolute Gasteiger partial charge is 0.321 e. The number of methoxy groups -OCH3 is 3. The first-order chi connectivity index (χ1) is 15.9. The number of furan rings is 1. The van der Waals surface area contributed by atoms with E-state index in [1.807, 2.05) is 19.1 Å². The summed E-state index contributed by atoms with van der Waals surface area (Å²) in [7, 11) is 4.59. The first kappa shape index (κ1) is 24.3. The molecule has 2 heterocycles. The summed E-state index contributed by atoms with van der Waals surface area (Å²) in [5.41, 5.74) is 0.557. The summed E-state index contributed by atoms with van der Waals surface area (Å²) in [6, 6.07) is 6.95. The van der Waals surface area contributed by atoms with E-state index >= 15 is 0 Å². The molecular formula is C24H33N3O6. The lowest BCUT2D eigenvalue weighted by molar-refractivity contribution is -0.122. The Morgan fingerprint density at radius 2 is 1.79 bits per heavy atom. The number of hydrogen-bond donors (Lipinski definition) is 2. The van der Waals surface area contributed by atoms with Crippen LogP contribution < -0.4 is 24.8 Å².